The van der Waals surface area contributed by atoms with E-state index >= 15 is 0 Å². The van der Waals surface area contributed by atoms with Crippen LogP contribution in [-0.4, -0.2) is 25.7 Å². The van der Waals surface area contributed by atoms with Gasteiger partial charge in [-0.1, -0.05) is 18.0 Å². The Balaban J connectivity index is 1.73. The van der Waals surface area contributed by atoms with Crippen molar-refractivity contribution in [2.45, 2.75) is 38.1 Å². The highest BCUT2D eigenvalue weighted by Crippen LogP contribution is 2.26. The first-order valence-electron chi connectivity index (χ1n) is 6.79. The van der Waals surface area contributed by atoms with Gasteiger partial charge in [-0.05, 0) is 18.8 Å². The van der Waals surface area contributed by atoms with Crippen LogP contribution in [0, 0.1) is 5.92 Å². The van der Waals surface area contributed by atoms with Crippen LogP contribution in [-0.2, 0) is 13.5 Å². The molecule has 1 fully saturated rings. The predicted octanol–water partition coefficient (Wildman–Crippen LogP) is 1.53. The highest BCUT2D eigenvalue weighted by atomic mass is 16.5. The fourth-order valence-corrected chi connectivity index (χ4v) is 2.73. The highest BCUT2D eigenvalue weighted by molar-refractivity contribution is 5.46. The molecule has 0 radical (unpaired) electrons. The van der Waals surface area contributed by atoms with Crippen molar-refractivity contribution in [3.05, 3.63) is 18.4 Å². The van der Waals surface area contributed by atoms with E-state index in [-0.39, 0.29) is 6.04 Å². The molecule has 1 saturated carbocycles. The fraction of sp³-hybridized carbons (Fsp3) is 0.615. The van der Waals surface area contributed by atoms with E-state index in [4.69, 9.17) is 10.3 Å². The second kappa shape index (κ2) is 5.13. The lowest BCUT2D eigenvalue weighted by atomic mass is 9.83. The molecule has 0 aliphatic heterocycles. The van der Waals surface area contributed by atoms with Crippen LogP contribution in [0.1, 0.15) is 31.6 Å². The molecule has 1 aliphatic carbocycles. The van der Waals surface area contributed by atoms with E-state index in [2.05, 4.69) is 15.1 Å². The molecule has 2 N–H and O–H groups in total. The molecule has 6 nitrogen and oxygen atoms in total. The lowest BCUT2D eigenvalue weighted by Crippen LogP contribution is -2.34. The SMILES string of the molecule is Cn1cncc1-c1noc(CC2CCCCC2N)n1. The van der Waals surface area contributed by atoms with Gasteiger partial charge < -0.3 is 14.8 Å². The third-order valence-electron chi connectivity index (χ3n) is 3.92. The molecule has 2 aromatic heterocycles. The third-order valence-corrected chi connectivity index (χ3v) is 3.92. The Bertz CT molecular complexity index is 547. The number of hydrogen-bond acceptors (Lipinski definition) is 5. The molecule has 102 valence electrons. The average molecular weight is 261 g/mol. The molecule has 3 rings (SSSR count). The summed E-state index contributed by atoms with van der Waals surface area (Å²) in [5.74, 6) is 1.74. The van der Waals surface area contributed by atoms with E-state index in [9.17, 15) is 0 Å². The quantitative estimate of drug-likeness (QED) is 0.906. The fourth-order valence-electron chi connectivity index (χ4n) is 2.73. The first-order chi connectivity index (χ1) is 9.24. The average Bonchev–Trinajstić information content (AvgIpc) is 3.01. The zero-order chi connectivity index (χ0) is 13.2. The molecule has 0 aromatic carbocycles. The highest BCUT2D eigenvalue weighted by Gasteiger charge is 2.24. The number of aryl methyl sites for hydroxylation is 1. The maximum atomic E-state index is 6.15. The number of nitrogens with two attached hydrogens (primary N) is 1. The lowest BCUT2D eigenvalue weighted by Gasteiger charge is -2.27. The van der Waals surface area contributed by atoms with E-state index in [1.54, 1.807) is 12.5 Å². The summed E-state index contributed by atoms with van der Waals surface area (Å²) in [6.45, 7) is 0. The number of nitrogens with zero attached hydrogens (tertiary/aromatic N) is 4. The van der Waals surface area contributed by atoms with Crippen molar-refractivity contribution in [1.29, 1.82) is 0 Å². The number of aromatic nitrogens is 4. The largest absolute Gasteiger partial charge is 0.339 e. The molecule has 2 heterocycles. The van der Waals surface area contributed by atoms with Gasteiger partial charge in [0, 0.05) is 19.5 Å². The first kappa shape index (κ1) is 12.3. The van der Waals surface area contributed by atoms with Gasteiger partial charge in [0.1, 0.15) is 5.69 Å². The molecule has 2 unspecified atom stereocenters. The summed E-state index contributed by atoms with van der Waals surface area (Å²) in [4.78, 5) is 8.50. The molecule has 2 atom stereocenters. The maximum Gasteiger partial charge on any atom is 0.227 e. The van der Waals surface area contributed by atoms with Gasteiger partial charge in [0.15, 0.2) is 0 Å². The molecule has 2 aromatic rings. The molecule has 0 amide bonds. The van der Waals surface area contributed by atoms with Gasteiger partial charge in [0.25, 0.3) is 0 Å². The Kier molecular flexibility index (Phi) is 3.33. The summed E-state index contributed by atoms with van der Waals surface area (Å²) < 4.78 is 7.21. The summed E-state index contributed by atoms with van der Waals surface area (Å²) in [5, 5.41) is 4.02. The van der Waals surface area contributed by atoms with Crippen LogP contribution in [0.25, 0.3) is 11.5 Å². The smallest absolute Gasteiger partial charge is 0.227 e. The van der Waals surface area contributed by atoms with Crippen molar-refractivity contribution in [1.82, 2.24) is 19.7 Å². The first-order valence-corrected chi connectivity index (χ1v) is 6.79. The van der Waals surface area contributed by atoms with E-state index in [1.807, 2.05) is 11.6 Å². The van der Waals surface area contributed by atoms with Gasteiger partial charge in [-0.3, -0.25) is 0 Å². The Hall–Kier alpha value is -1.69. The summed E-state index contributed by atoms with van der Waals surface area (Å²) >= 11 is 0. The Morgan fingerprint density at radius 3 is 3.00 bits per heavy atom. The van der Waals surface area contributed by atoms with Gasteiger partial charge in [-0.2, -0.15) is 4.98 Å². The van der Waals surface area contributed by atoms with Gasteiger partial charge in [0.2, 0.25) is 11.7 Å². The van der Waals surface area contributed by atoms with Crippen LogP contribution in [0.5, 0.6) is 0 Å². The monoisotopic (exact) mass is 261 g/mol. The minimum absolute atomic E-state index is 0.265. The topological polar surface area (TPSA) is 82.8 Å². The van der Waals surface area contributed by atoms with Crippen LogP contribution < -0.4 is 5.73 Å². The molecule has 0 spiro atoms. The van der Waals surface area contributed by atoms with Crippen LogP contribution in [0.4, 0.5) is 0 Å². The van der Waals surface area contributed by atoms with E-state index in [0.717, 1.165) is 25.0 Å². The van der Waals surface area contributed by atoms with E-state index < -0.39 is 0 Å². The number of hydrogen-bond donors (Lipinski definition) is 1. The second-order valence-corrected chi connectivity index (χ2v) is 5.31. The molecular weight excluding hydrogens is 242 g/mol. The lowest BCUT2D eigenvalue weighted by molar-refractivity contribution is 0.273. The molecule has 1 aliphatic rings. The van der Waals surface area contributed by atoms with Crippen LogP contribution in [0.3, 0.4) is 0 Å². The number of imidazole rings is 1. The van der Waals surface area contributed by atoms with Crippen molar-refractivity contribution < 1.29 is 4.52 Å². The minimum Gasteiger partial charge on any atom is -0.339 e. The van der Waals surface area contributed by atoms with Crippen molar-refractivity contribution in [2.24, 2.45) is 18.7 Å². The molecule has 0 saturated heterocycles. The summed E-state index contributed by atoms with van der Waals surface area (Å²) in [7, 11) is 1.91. The zero-order valence-electron chi connectivity index (χ0n) is 11.1. The van der Waals surface area contributed by atoms with Crippen molar-refractivity contribution in [2.75, 3.05) is 0 Å². The second-order valence-electron chi connectivity index (χ2n) is 5.31. The van der Waals surface area contributed by atoms with Crippen molar-refractivity contribution >= 4 is 0 Å². The molecule has 0 bridgehead atoms. The molecule has 19 heavy (non-hydrogen) atoms. The summed E-state index contributed by atoms with van der Waals surface area (Å²) in [5.41, 5.74) is 7.01. The van der Waals surface area contributed by atoms with E-state index in [1.165, 1.54) is 12.8 Å². The zero-order valence-corrected chi connectivity index (χ0v) is 11.1. The Labute approximate surface area is 112 Å². The van der Waals surface area contributed by atoms with Gasteiger partial charge in [-0.15, -0.1) is 0 Å². The molecular formula is C13H19N5O. The summed E-state index contributed by atoms with van der Waals surface area (Å²) in [6, 6.07) is 0.265. The number of rotatable bonds is 3. The van der Waals surface area contributed by atoms with Crippen molar-refractivity contribution in [3.63, 3.8) is 0 Å². The van der Waals surface area contributed by atoms with Crippen LogP contribution in [0.2, 0.25) is 0 Å². The standard InChI is InChI=1S/C13H19N5O/c1-18-8-15-7-11(18)13-16-12(19-17-13)6-9-4-2-3-5-10(9)14/h7-10H,2-6,14H2,1H3. The minimum atomic E-state index is 0.265. The maximum absolute atomic E-state index is 6.15. The normalized spacial score (nSPS) is 23.7. The van der Waals surface area contributed by atoms with Crippen LogP contribution >= 0.6 is 0 Å². The Morgan fingerprint density at radius 1 is 1.42 bits per heavy atom. The predicted molar refractivity (Wildman–Crippen MR) is 70.1 cm³/mol. The van der Waals surface area contributed by atoms with Gasteiger partial charge in [-0.25, -0.2) is 4.98 Å². The van der Waals surface area contributed by atoms with Crippen LogP contribution in [0.15, 0.2) is 17.0 Å². The van der Waals surface area contributed by atoms with E-state index in [0.29, 0.717) is 17.6 Å². The third kappa shape index (κ3) is 2.53. The Morgan fingerprint density at radius 2 is 2.26 bits per heavy atom. The van der Waals surface area contributed by atoms with Gasteiger partial charge in [0.05, 0.1) is 12.5 Å². The summed E-state index contributed by atoms with van der Waals surface area (Å²) in [6.07, 6.45) is 9.00. The van der Waals surface area contributed by atoms with Gasteiger partial charge >= 0.3 is 0 Å². The molecule has 6 heteroatoms. The van der Waals surface area contributed by atoms with Crippen molar-refractivity contribution in [3.8, 4) is 11.5 Å².